The molecule has 0 bridgehead atoms. The van der Waals surface area contributed by atoms with E-state index in [-0.39, 0.29) is 24.4 Å². The first-order valence-corrected chi connectivity index (χ1v) is 12.3. The molecule has 0 saturated heterocycles. The standard InChI is InChI=1S/C25H34N2O4S/c1-5-18(3)15-26(24(28)6-2)16-25(29)27-13-11-23-19(12-14-32-23)20(27)17-31-22-10-8-7-9-21(22)30-4/h7-10,12,14,18,20H,5-6,11,13,15-17H2,1-4H3/t18-,20-/m0/s1. The number of fused-ring (bicyclic) bond motifs is 1. The van der Waals surface area contributed by atoms with Crippen LogP contribution in [0.15, 0.2) is 35.7 Å². The Balaban J connectivity index is 1.78. The molecule has 2 atom stereocenters. The number of ether oxygens (including phenoxy) is 2. The van der Waals surface area contributed by atoms with Crippen molar-refractivity contribution in [2.75, 3.05) is 33.4 Å². The second kappa shape index (κ2) is 11.4. The first kappa shape index (κ1) is 24.1. The van der Waals surface area contributed by atoms with Crippen LogP contribution in [0, 0.1) is 5.92 Å². The Bertz CT molecular complexity index is 913. The maximum Gasteiger partial charge on any atom is 0.242 e. The Hall–Kier alpha value is -2.54. The van der Waals surface area contributed by atoms with Gasteiger partial charge in [0.05, 0.1) is 19.7 Å². The minimum Gasteiger partial charge on any atom is -0.493 e. The molecule has 0 radical (unpaired) electrons. The molecule has 0 aliphatic carbocycles. The van der Waals surface area contributed by atoms with Crippen LogP contribution in [0.4, 0.5) is 0 Å². The van der Waals surface area contributed by atoms with E-state index in [1.54, 1.807) is 23.3 Å². The van der Waals surface area contributed by atoms with Crippen LogP contribution in [-0.4, -0.2) is 55.0 Å². The highest BCUT2D eigenvalue weighted by Crippen LogP contribution is 2.35. The zero-order valence-corrected chi connectivity index (χ0v) is 20.3. The van der Waals surface area contributed by atoms with Crippen molar-refractivity contribution in [1.29, 1.82) is 0 Å². The number of amides is 2. The number of hydrogen-bond acceptors (Lipinski definition) is 5. The lowest BCUT2D eigenvalue weighted by atomic mass is 10.00. The fourth-order valence-electron chi connectivity index (χ4n) is 4.02. The molecule has 1 aromatic heterocycles. The molecular formula is C25H34N2O4S. The van der Waals surface area contributed by atoms with Gasteiger partial charge in [-0.2, -0.15) is 0 Å². The third-order valence-electron chi connectivity index (χ3n) is 6.09. The topological polar surface area (TPSA) is 59.1 Å². The molecular weight excluding hydrogens is 424 g/mol. The van der Waals surface area contributed by atoms with Gasteiger partial charge in [0.2, 0.25) is 11.8 Å². The molecule has 2 heterocycles. The van der Waals surface area contributed by atoms with Gasteiger partial charge in [-0.3, -0.25) is 9.59 Å². The second-order valence-corrected chi connectivity index (χ2v) is 9.26. The molecule has 0 N–H and O–H groups in total. The highest BCUT2D eigenvalue weighted by Gasteiger charge is 2.33. The van der Waals surface area contributed by atoms with Gasteiger partial charge in [0.15, 0.2) is 11.5 Å². The van der Waals surface area contributed by atoms with Gasteiger partial charge < -0.3 is 19.3 Å². The van der Waals surface area contributed by atoms with E-state index in [4.69, 9.17) is 9.47 Å². The van der Waals surface area contributed by atoms with Crippen molar-refractivity contribution in [1.82, 2.24) is 9.80 Å². The number of carbonyl (C=O) groups excluding carboxylic acids is 2. The number of carbonyl (C=O) groups is 2. The molecule has 2 aromatic rings. The number of hydrogen-bond donors (Lipinski definition) is 0. The van der Waals surface area contributed by atoms with Crippen molar-refractivity contribution in [2.45, 2.75) is 46.1 Å². The molecule has 1 aliphatic heterocycles. The van der Waals surface area contributed by atoms with E-state index < -0.39 is 0 Å². The van der Waals surface area contributed by atoms with Gasteiger partial charge in [-0.05, 0) is 41.5 Å². The summed E-state index contributed by atoms with van der Waals surface area (Å²) in [5, 5.41) is 2.07. The van der Waals surface area contributed by atoms with Crippen molar-refractivity contribution < 1.29 is 19.1 Å². The van der Waals surface area contributed by atoms with E-state index in [9.17, 15) is 9.59 Å². The molecule has 174 valence electrons. The molecule has 32 heavy (non-hydrogen) atoms. The van der Waals surface area contributed by atoms with Crippen molar-refractivity contribution >= 4 is 23.2 Å². The van der Waals surface area contributed by atoms with Gasteiger partial charge >= 0.3 is 0 Å². The minimum absolute atomic E-state index is 0.0219. The van der Waals surface area contributed by atoms with Crippen LogP contribution in [0.5, 0.6) is 11.5 Å². The van der Waals surface area contributed by atoms with E-state index in [0.29, 0.717) is 43.5 Å². The second-order valence-electron chi connectivity index (χ2n) is 8.26. The summed E-state index contributed by atoms with van der Waals surface area (Å²) in [6.07, 6.45) is 2.20. The fraction of sp³-hybridized carbons (Fsp3) is 0.520. The Morgan fingerprint density at radius 1 is 1.22 bits per heavy atom. The Labute approximate surface area is 195 Å². The minimum atomic E-state index is -0.190. The molecule has 2 amide bonds. The zero-order chi connectivity index (χ0) is 23.1. The number of methoxy groups -OCH3 is 1. The lowest BCUT2D eigenvalue weighted by Crippen LogP contribution is -2.48. The lowest BCUT2D eigenvalue weighted by Gasteiger charge is -2.37. The summed E-state index contributed by atoms with van der Waals surface area (Å²) in [6, 6.07) is 9.43. The van der Waals surface area contributed by atoms with Gasteiger partial charge in [0, 0.05) is 24.4 Å². The summed E-state index contributed by atoms with van der Waals surface area (Å²) < 4.78 is 11.5. The summed E-state index contributed by atoms with van der Waals surface area (Å²) in [6.45, 7) is 7.75. The van der Waals surface area contributed by atoms with E-state index >= 15 is 0 Å². The SMILES string of the molecule is CCC(=O)N(CC(=O)N1CCc2sccc2[C@@H]1COc1ccccc1OC)C[C@@H](C)CC. The largest absolute Gasteiger partial charge is 0.493 e. The van der Waals surface area contributed by atoms with Gasteiger partial charge in [0.1, 0.15) is 6.61 Å². The Kier molecular flexibility index (Phi) is 8.56. The highest BCUT2D eigenvalue weighted by molar-refractivity contribution is 7.10. The fourth-order valence-corrected chi connectivity index (χ4v) is 4.95. The van der Waals surface area contributed by atoms with Crippen molar-refractivity contribution in [3.05, 3.63) is 46.2 Å². The van der Waals surface area contributed by atoms with E-state index in [0.717, 1.165) is 18.4 Å². The van der Waals surface area contributed by atoms with Crippen LogP contribution in [0.3, 0.4) is 0 Å². The highest BCUT2D eigenvalue weighted by atomic mass is 32.1. The summed E-state index contributed by atoms with van der Waals surface area (Å²) in [4.78, 5) is 30.9. The Morgan fingerprint density at radius 2 is 1.97 bits per heavy atom. The predicted octanol–water partition coefficient (Wildman–Crippen LogP) is 4.55. The summed E-state index contributed by atoms with van der Waals surface area (Å²) in [7, 11) is 1.62. The Morgan fingerprint density at radius 3 is 2.66 bits per heavy atom. The molecule has 7 heteroatoms. The molecule has 0 saturated carbocycles. The van der Waals surface area contributed by atoms with E-state index in [1.165, 1.54) is 4.88 Å². The van der Waals surface area contributed by atoms with E-state index in [1.807, 2.05) is 36.1 Å². The quantitative estimate of drug-likeness (QED) is 0.524. The van der Waals surface area contributed by atoms with Crippen LogP contribution < -0.4 is 9.47 Å². The van der Waals surface area contributed by atoms with Gasteiger partial charge in [0.25, 0.3) is 0 Å². The average molecular weight is 459 g/mol. The summed E-state index contributed by atoms with van der Waals surface area (Å²) in [5.74, 6) is 1.67. The number of para-hydroxylation sites is 2. The van der Waals surface area contributed by atoms with Crippen molar-refractivity contribution in [3.63, 3.8) is 0 Å². The van der Waals surface area contributed by atoms with Crippen molar-refractivity contribution in [3.8, 4) is 11.5 Å². The maximum absolute atomic E-state index is 13.4. The lowest BCUT2D eigenvalue weighted by molar-refractivity contribution is -0.143. The normalized spacial score (nSPS) is 16.2. The predicted molar refractivity (Wildman–Crippen MR) is 127 cm³/mol. The van der Waals surface area contributed by atoms with Crippen molar-refractivity contribution in [2.24, 2.45) is 5.92 Å². The monoisotopic (exact) mass is 458 g/mol. The third-order valence-corrected chi connectivity index (χ3v) is 7.09. The van der Waals surface area contributed by atoms with Crippen LogP contribution in [0.1, 0.15) is 50.1 Å². The smallest absolute Gasteiger partial charge is 0.242 e. The number of thiophene rings is 1. The zero-order valence-electron chi connectivity index (χ0n) is 19.5. The molecule has 0 fully saturated rings. The van der Waals surface area contributed by atoms with Crippen LogP contribution >= 0.6 is 11.3 Å². The third kappa shape index (κ3) is 5.63. The molecule has 6 nitrogen and oxygen atoms in total. The summed E-state index contributed by atoms with van der Waals surface area (Å²) >= 11 is 1.72. The first-order chi connectivity index (χ1) is 15.5. The summed E-state index contributed by atoms with van der Waals surface area (Å²) in [5.41, 5.74) is 1.14. The molecule has 3 rings (SSSR count). The molecule has 0 spiro atoms. The van der Waals surface area contributed by atoms with Crippen LogP contribution in [-0.2, 0) is 16.0 Å². The van der Waals surface area contributed by atoms with Gasteiger partial charge in [-0.15, -0.1) is 11.3 Å². The average Bonchev–Trinajstić information content (AvgIpc) is 3.30. The van der Waals surface area contributed by atoms with Gasteiger partial charge in [-0.25, -0.2) is 0 Å². The molecule has 0 unspecified atom stereocenters. The number of benzene rings is 1. The van der Waals surface area contributed by atoms with Gasteiger partial charge in [-0.1, -0.05) is 39.3 Å². The van der Waals surface area contributed by atoms with Crippen LogP contribution in [0.25, 0.3) is 0 Å². The number of nitrogens with zero attached hydrogens (tertiary/aromatic N) is 2. The first-order valence-electron chi connectivity index (χ1n) is 11.4. The number of rotatable bonds is 10. The maximum atomic E-state index is 13.4. The molecule has 1 aliphatic rings. The van der Waals surface area contributed by atoms with E-state index in [2.05, 4.69) is 25.3 Å². The van der Waals surface area contributed by atoms with Crippen LogP contribution in [0.2, 0.25) is 0 Å². The molecule has 1 aromatic carbocycles.